The molecule has 2 heteroatoms. The topological polar surface area (TPSA) is 0 Å². The van der Waals surface area contributed by atoms with E-state index in [1.807, 2.05) is 12.1 Å². The molecule has 0 fully saturated rings. The Kier molecular flexibility index (Phi) is 10.3. The Morgan fingerprint density at radius 1 is 0.957 bits per heavy atom. The molecule has 1 nitrogen and oxygen atoms in total. The lowest BCUT2D eigenvalue weighted by Gasteiger charge is -2.36. The van der Waals surface area contributed by atoms with Crippen LogP contribution in [0.5, 0.6) is 0 Å². The quantitative estimate of drug-likeness (QED) is 0.240. The zero-order chi connectivity index (χ0) is 17.0. The zero-order valence-electron chi connectivity index (χ0n) is 15.4. The molecule has 0 spiro atoms. The fourth-order valence-corrected chi connectivity index (χ4v) is 3.33. The summed E-state index contributed by atoms with van der Waals surface area (Å²) in [5.74, 6) is 0. The third-order valence-corrected chi connectivity index (χ3v) is 5.21. The Morgan fingerprint density at radius 3 is 2.35 bits per heavy atom. The van der Waals surface area contributed by atoms with Crippen LogP contribution < -0.4 is 0 Å². The van der Waals surface area contributed by atoms with Crippen LogP contribution in [0.15, 0.2) is 36.4 Å². The summed E-state index contributed by atoms with van der Waals surface area (Å²) in [6, 6.07) is 8.16. The second-order valence-electron chi connectivity index (χ2n) is 6.60. The van der Waals surface area contributed by atoms with Crippen LogP contribution in [0.2, 0.25) is 5.02 Å². The summed E-state index contributed by atoms with van der Waals surface area (Å²) in [5, 5.41) is 0.829. The summed E-state index contributed by atoms with van der Waals surface area (Å²) in [7, 11) is 0. The van der Waals surface area contributed by atoms with E-state index in [0.29, 0.717) is 0 Å². The summed E-state index contributed by atoms with van der Waals surface area (Å²) >= 11 is 6.04. The van der Waals surface area contributed by atoms with Crippen LogP contribution in [-0.2, 0) is 6.42 Å². The maximum Gasteiger partial charge on any atom is 0.0973 e. The van der Waals surface area contributed by atoms with E-state index < -0.39 is 0 Å². The number of rotatable bonds is 12. The Balaban J connectivity index is 2.43. The molecule has 0 unspecified atom stereocenters. The van der Waals surface area contributed by atoms with Gasteiger partial charge >= 0.3 is 0 Å². The molecule has 1 aromatic rings. The lowest BCUT2D eigenvalue weighted by atomic mass is 10.1. The fourth-order valence-electron chi connectivity index (χ4n) is 3.12. The number of hydrogen-bond acceptors (Lipinski definition) is 0. The number of hydrogen-bond donors (Lipinski definition) is 0. The minimum atomic E-state index is 0.829. The summed E-state index contributed by atoms with van der Waals surface area (Å²) < 4.78 is 1.22. The predicted molar refractivity (Wildman–Crippen MR) is 104 cm³/mol. The largest absolute Gasteiger partial charge is 0.321 e. The average Bonchev–Trinajstić information content (AvgIpc) is 2.57. The minimum absolute atomic E-state index is 0.829. The zero-order valence-corrected chi connectivity index (χ0v) is 16.1. The van der Waals surface area contributed by atoms with Gasteiger partial charge < -0.3 is 4.48 Å². The first-order chi connectivity index (χ1) is 11.2. The van der Waals surface area contributed by atoms with E-state index in [1.165, 1.54) is 61.8 Å². The number of benzene rings is 1. The molecule has 1 aromatic carbocycles. The van der Waals surface area contributed by atoms with E-state index in [4.69, 9.17) is 11.6 Å². The predicted octanol–water partition coefficient (Wildman–Crippen LogP) is 6.27. The Morgan fingerprint density at radius 2 is 1.70 bits per heavy atom. The lowest BCUT2D eigenvalue weighted by Crippen LogP contribution is -2.48. The van der Waals surface area contributed by atoms with Crippen molar-refractivity contribution in [3.8, 4) is 0 Å². The smallest absolute Gasteiger partial charge is 0.0973 e. The number of quaternary nitrogens is 1. The molecular formula is C21H35ClN+. The van der Waals surface area contributed by atoms with Gasteiger partial charge in [-0.1, -0.05) is 56.0 Å². The van der Waals surface area contributed by atoms with Crippen LogP contribution in [0.1, 0.15) is 58.4 Å². The second kappa shape index (κ2) is 11.7. The van der Waals surface area contributed by atoms with Crippen molar-refractivity contribution in [3.05, 3.63) is 47.0 Å². The van der Waals surface area contributed by atoms with E-state index in [1.54, 1.807) is 0 Å². The highest BCUT2D eigenvalue weighted by atomic mass is 35.5. The van der Waals surface area contributed by atoms with Gasteiger partial charge in [-0.3, -0.25) is 0 Å². The molecule has 0 aromatic heterocycles. The van der Waals surface area contributed by atoms with Gasteiger partial charge in [-0.05, 0) is 56.9 Å². The second-order valence-corrected chi connectivity index (χ2v) is 7.04. The van der Waals surface area contributed by atoms with Gasteiger partial charge in [0, 0.05) is 5.02 Å². The first-order valence-corrected chi connectivity index (χ1v) is 9.78. The average molecular weight is 337 g/mol. The molecule has 0 radical (unpaired) electrons. The van der Waals surface area contributed by atoms with Gasteiger partial charge in [0.05, 0.1) is 26.2 Å². The van der Waals surface area contributed by atoms with Gasteiger partial charge in [0.15, 0.2) is 0 Å². The van der Waals surface area contributed by atoms with Crippen molar-refractivity contribution in [1.82, 2.24) is 0 Å². The maximum absolute atomic E-state index is 6.04. The molecule has 0 heterocycles. The monoisotopic (exact) mass is 336 g/mol. The minimum Gasteiger partial charge on any atom is -0.321 e. The van der Waals surface area contributed by atoms with Crippen LogP contribution in [-0.4, -0.2) is 30.7 Å². The molecule has 0 saturated carbocycles. The van der Waals surface area contributed by atoms with Crippen LogP contribution in [0.3, 0.4) is 0 Å². The van der Waals surface area contributed by atoms with Gasteiger partial charge in [0.25, 0.3) is 0 Å². The molecule has 1 rings (SSSR count). The first-order valence-electron chi connectivity index (χ1n) is 9.40. The van der Waals surface area contributed by atoms with Gasteiger partial charge in [-0.2, -0.15) is 0 Å². The molecule has 0 aliphatic rings. The summed E-state index contributed by atoms with van der Waals surface area (Å²) in [5.41, 5.74) is 1.29. The maximum atomic E-state index is 6.04. The van der Waals surface area contributed by atoms with Gasteiger partial charge in [0.1, 0.15) is 0 Å². The number of halogens is 1. The summed E-state index contributed by atoms with van der Waals surface area (Å²) in [4.78, 5) is 0. The molecule has 0 amide bonds. The number of unbranched alkanes of at least 4 members (excludes halogenated alkanes) is 4. The number of nitrogens with zero attached hydrogens (tertiary/aromatic N) is 1. The number of allylic oxidation sites excluding steroid dienone is 1. The van der Waals surface area contributed by atoms with Crippen molar-refractivity contribution in [2.75, 3.05) is 26.2 Å². The van der Waals surface area contributed by atoms with Crippen molar-refractivity contribution in [3.63, 3.8) is 0 Å². The summed E-state index contributed by atoms with van der Waals surface area (Å²) in [6.07, 6.45) is 12.5. The van der Waals surface area contributed by atoms with Crippen LogP contribution >= 0.6 is 11.6 Å². The molecule has 0 N–H and O–H groups in total. The SMILES string of the molecule is CCCCCCC[N+](CC)(CC)C/C=C/Cc1cccc(Cl)c1. The molecule has 0 bridgehead atoms. The third-order valence-electron chi connectivity index (χ3n) is 4.98. The van der Waals surface area contributed by atoms with Gasteiger partial charge in [-0.15, -0.1) is 0 Å². The Hall–Kier alpha value is -0.790. The molecule has 130 valence electrons. The first kappa shape index (κ1) is 20.3. The van der Waals surface area contributed by atoms with Gasteiger partial charge in [-0.25, -0.2) is 0 Å². The molecule has 0 saturated heterocycles. The third kappa shape index (κ3) is 8.04. The van der Waals surface area contributed by atoms with Crippen molar-refractivity contribution in [1.29, 1.82) is 0 Å². The highest BCUT2D eigenvalue weighted by Crippen LogP contribution is 2.13. The Labute approximate surface area is 148 Å². The molecule has 23 heavy (non-hydrogen) atoms. The van der Waals surface area contributed by atoms with E-state index in [-0.39, 0.29) is 0 Å². The van der Waals surface area contributed by atoms with Crippen LogP contribution in [0, 0.1) is 0 Å². The fraction of sp³-hybridized carbons (Fsp3) is 0.619. The van der Waals surface area contributed by atoms with Crippen molar-refractivity contribution >= 4 is 11.6 Å². The van der Waals surface area contributed by atoms with Crippen molar-refractivity contribution in [2.24, 2.45) is 0 Å². The van der Waals surface area contributed by atoms with Gasteiger partial charge in [0.2, 0.25) is 0 Å². The normalized spacial score (nSPS) is 12.2. The molecule has 0 atom stereocenters. The Bertz CT molecular complexity index is 449. The van der Waals surface area contributed by atoms with Crippen molar-refractivity contribution in [2.45, 2.75) is 59.3 Å². The summed E-state index contributed by atoms with van der Waals surface area (Å²) in [6.45, 7) is 11.9. The highest BCUT2D eigenvalue weighted by molar-refractivity contribution is 6.30. The van der Waals surface area contributed by atoms with E-state index in [9.17, 15) is 0 Å². The lowest BCUT2D eigenvalue weighted by molar-refractivity contribution is -0.919. The molecule has 0 aliphatic carbocycles. The highest BCUT2D eigenvalue weighted by Gasteiger charge is 2.20. The standard InChI is InChI=1S/C21H35ClN/c1-4-7-8-9-11-17-23(5-2,6-3)18-12-10-14-20-15-13-16-21(22)19-20/h10,12-13,15-16,19H,4-9,11,14,17-18H2,1-3H3/q+1/b12-10+. The molecule has 0 aliphatic heterocycles. The molecular weight excluding hydrogens is 302 g/mol. The van der Waals surface area contributed by atoms with E-state index in [0.717, 1.165) is 18.0 Å². The van der Waals surface area contributed by atoms with Crippen molar-refractivity contribution < 1.29 is 4.48 Å². The number of likely N-dealkylation sites (N-methyl/N-ethyl adjacent to an activating group) is 1. The van der Waals surface area contributed by atoms with E-state index >= 15 is 0 Å². The van der Waals surface area contributed by atoms with E-state index in [2.05, 4.69) is 45.1 Å². The van der Waals surface area contributed by atoms with Crippen LogP contribution in [0.25, 0.3) is 0 Å². The van der Waals surface area contributed by atoms with Crippen LogP contribution in [0.4, 0.5) is 0 Å².